The zero-order chi connectivity index (χ0) is 15.2. The summed E-state index contributed by atoms with van der Waals surface area (Å²) in [7, 11) is -4.96. The minimum atomic E-state index is -4.96. The molecule has 0 rings (SSSR count). The molecule has 0 saturated carbocycles. The van der Waals surface area contributed by atoms with E-state index in [1.165, 1.54) is 0 Å². The Morgan fingerprint density at radius 3 is 1.95 bits per heavy atom. The van der Waals surface area contributed by atoms with E-state index in [1.54, 1.807) is 0 Å². The Morgan fingerprint density at radius 1 is 1.16 bits per heavy atom. The first kappa shape index (κ1) is 17.0. The largest absolute Gasteiger partial charge is 0.408 e. The molecule has 1 unspecified atom stereocenters. The number of oxime groups is 1. The summed E-state index contributed by atoms with van der Waals surface area (Å²) in [6, 6.07) is 0. The number of carbonyl (C=O) groups is 3. The molecule has 2 N–H and O–H groups in total. The molecule has 0 aromatic heterocycles. The second kappa shape index (κ2) is 6.80. The van der Waals surface area contributed by atoms with Crippen molar-refractivity contribution >= 4 is 33.9 Å². The number of rotatable bonds is 4. The zero-order valence-electron chi connectivity index (χ0n) is 9.89. The van der Waals surface area contributed by atoms with Gasteiger partial charge in [-0.15, -0.1) is 0 Å². The van der Waals surface area contributed by atoms with Crippen molar-refractivity contribution in [1.82, 2.24) is 0 Å². The molecule has 0 bridgehead atoms. The molecular formula is C8H11NO9S. The summed E-state index contributed by atoms with van der Waals surface area (Å²) in [4.78, 5) is 32.4. The van der Waals surface area contributed by atoms with Crippen molar-refractivity contribution in [2.45, 2.75) is 25.5 Å². The Bertz CT molecular complexity index is 506. The fourth-order valence-electron chi connectivity index (χ4n) is 0.945. The Balaban J connectivity index is 5.14. The lowest BCUT2D eigenvalue weighted by atomic mass is 10.3. The first-order chi connectivity index (χ1) is 8.57. The molecular weight excluding hydrogens is 286 g/mol. The first-order valence-corrected chi connectivity index (χ1v) is 6.16. The van der Waals surface area contributed by atoms with Crippen molar-refractivity contribution in [3.05, 3.63) is 0 Å². The average Bonchev–Trinajstić information content (AvgIpc) is 2.20. The van der Waals surface area contributed by atoms with Gasteiger partial charge in [0.15, 0.2) is 5.25 Å². The predicted molar refractivity (Wildman–Crippen MR) is 57.7 cm³/mol. The van der Waals surface area contributed by atoms with Crippen molar-refractivity contribution < 1.29 is 42.0 Å². The fourth-order valence-corrected chi connectivity index (χ4v) is 1.59. The topological polar surface area (TPSA) is 157 Å². The van der Waals surface area contributed by atoms with E-state index in [4.69, 9.17) is 9.76 Å². The monoisotopic (exact) mass is 297 g/mol. The third kappa shape index (κ3) is 6.47. The van der Waals surface area contributed by atoms with Gasteiger partial charge in [0.1, 0.15) is 0 Å². The van der Waals surface area contributed by atoms with Gasteiger partial charge in [0, 0.05) is 13.8 Å². The van der Waals surface area contributed by atoms with Crippen LogP contribution in [-0.2, 0) is 34.0 Å². The maximum Gasteiger partial charge on any atom is 0.335 e. The molecule has 1 atom stereocenters. The molecule has 0 aliphatic rings. The van der Waals surface area contributed by atoms with Crippen LogP contribution in [0.2, 0.25) is 0 Å². The molecule has 0 fully saturated rings. The third-order valence-electron chi connectivity index (χ3n) is 1.60. The van der Waals surface area contributed by atoms with Crippen LogP contribution in [0.5, 0.6) is 0 Å². The van der Waals surface area contributed by atoms with E-state index in [9.17, 15) is 22.8 Å². The molecule has 0 aliphatic carbocycles. The van der Waals surface area contributed by atoms with Gasteiger partial charge >= 0.3 is 17.9 Å². The van der Waals surface area contributed by atoms with Crippen LogP contribution in [0.15, 0.2) is 5.16 Å². The van der Waals surface area contributed by atoms with Gasteiger partial charge in [0.25, 0.3) is 10.1 Å². The van der Waals surface area contributed by atoms with E-state index in [0.717, 1.165) is 13.8 Å². The molecule has 0 radical (unpaired) electrons. The van der Waals surface area contributed by atoms with Crippen molar-refractivity contribution in [1.29, 1.82) is 0 Å². The van der Waals surface area contributed by atoms with Crippen LogP contribution in [0.1, 0.15) is 20.3 Å². The normalized spacial score (nSPS) is 13.5. The van der Waals surface area contributed by atoms with Crippen molar-refractivity contribution in [2.75, 3.05) is 0 Å². The molecule has 10 nitrogen and oxygen atoms in total. The summed E-state index contributed by atoms with van der Waals surface area (Å²) >= 11 is 0. The molecule has 0 saturated heterocycles. The summed E-state index contributed by atoms with van der Waals surface area (Å²) in [5, 5.41) is 8.65. The summed E-state index contributed by atoms with van der Waals surface area (Å²) in [5.74, 6) is -4.48. The lowest BCUT2D eigenvalue weighted by molar-refractivity contribution is -0.157. The van der Waals surface area contributed by atoms with Crippen LogP contribution in [-0.4, -0.2) is 47.2 Å². The predicted octanol–water partition coefficient (Wildman–Crippen LogP) is -0.927. The minimum absolute atomic E-state index is 0.837. The maximum absolute atomic E-state index is 11.3. The number of hydrogen-bond acceptors (Lipinski definition) is 9. The van der Waals surface area contributed by atoms with Crippen molar-refractivity contribution in [3.8, 4) is 0 Å². The van der Waals surface area contributed by atoms with E-state index < -0.39 is 45.6 Å². The van der Waals surface area contributed by atoms with Gasteiger partial charge in [0.2, 0.25) is 5.90 Å². The van der Waals surface area contributed by atoms with Crippen LogP contribution in [0.4, 0.5) is 0 Å². The molecule has 0 aromatic rings. The number of hydrogen-bond donors (Lipinski definition) is 2. The summed E-state index contributed by atoms with van der Waals surface area (Å²) in [5.41, 5.74) is 0. The highest BCUT2D eigenvalue weighted by Gasteiger charge is 2.36. The van der Waals surface area contributed by atoms with Gasteiger partial charge in [0.05, 0.1) is 6.42 Å². The van der Waals surface area contributed by atoms with Gasteiger partial charge in [-0.3, -0.25) is 18.9 Å². The minimum Gasteiger partial charge on any atom is -0.408 e. The van der Waals surface area contributed by atoms with Crippen molar-refractivity contribution in [3.63, 3.8) is 0 Å². The number of ether oxygens (including phenoxy) is 2. The van der Waals surface area contributed by atoms with Gasteiger partial charge in [-0.05, 0) is 0 Å². The summed E-state index contributed by atoms with van der Waals surface area (Å²) in [6.45, 7) is 1.77. The SMILES string of the molecule is CC(=O)OC(=O)C(C/C(=N/O)OC(C)=O)S(=O)(=O)O. The van der Waals surface area contributed by atoms with E-state index in [2.05, 4.69) is 14.6 Å². The highest BCUT2D eigenvalue weighted by molar-refractivity contribution is 7.87. The van der Waals surface area contributed by atoms with Gasteiger partial charge in [-0.25, -0.2) is 0 Å². The van der Waals surface area contributed by atoms with Crippen LogP contribution in [0.3, 0.4) is 0 Å². The third-order valence-corrected chi connectivity index (χ3v) is 2.68. The Morgan fingerprint density at radius 2 is 1.63 bits per heavy atom. The van der Waals surface area contributed by atoms with E-state index in [0.29, 0.717) is 0 Å². The van der Waals surface area contributed by atoms with Crippen LogP contribution < -0.4 is 0 Å². The van der Waals surface area contributed by atoms with Gasteiger partial charge in [-0.1, -0.05) is 5.16 Å². The summed E-state index contributed by atoms with van der Waals surface area (Å²) in [6.07, 6.45) is -0.985. The smallest absolute Gasteiger partial charge is 0.335 e. The molecule has 11 heteroatoms. The molecule has 0 aliphatic heterocycles. The van der Waals surface area contributed by atoms with E-state index in [1.807, 2.05) is 0 Å². The fraction of sp³-hybridized carbons (Fsp3) is 0.500. The average molecular weight is 297 g/mol. The maximum atomic E-state index is 11.3. The highest BCUT2D eigenvalue weighted by atomic mass is 32.2. The molecule has 0 spiro atoms. The molecule has 108 valence electrons. The first-order valence-electron chi connectivity index (χ1n) is 4.65. The second-order valence-corrected chi connectivity index (χ2v) is 4.81. The van der Waals surface area contributed by atoms with Crippen LogP contribution in [0.25, 0.3) is 0 Å². The standard InChI is InChI=1S/C8H11NO9S/c1-4(10)17-7(9-13)3-6(19(14,15)16)8(12)18-5(2)11/h6,13H,3H2,1-2H3,(H,14,15,16)/b9-7-. The molecule has 0 amide bonds. The number of nitrogens with zero attached hydrogens (tertiary/aromatic N) is 1. The quantitative estimate of drug-likeness (QED) is 0.127. The van der Waals surface area contributed by atoms with Gasteiger partial charge < -0.3 is 14.7 Å². The van der Waals surface area contributed by atoms with E-state index >= 15 is 0 Å². The highest BCUT2D eigenvalue weighted by Crippen LogP contribution is 2.10. The molecule has 0 heterocycles. The second-order valence-electron chi connectivity index (χ2n) is 3.21. The Hall–Kier alpha value is -2.01. The van der Waals surface area contributed by atoms with Crippen molar-refractivity contribution in [2.24, 2.45) is 5.16 Å². The number of carbonyl (C=O) groups excluding carboxylic acids is 3. The molecule has 19 heavy (non-hydrogen) atoms. The lowest BCUT2D eigenvalue weighted by Gasteiger charge is -2.11. The molecule has 0 aromatic carbocycles. The van der Waals surface area contributed by atoms with Gasteiger partial charge in [-0.2, -0.15) is 8.42 Å². The Labute approximate surface area is 107 Å². The Kier molecular flexibility index (Phi) is 6.08. The van der Waals surface area contributed by atoms with E-state index in [-0.39, 0.29) is 0 Å². The van der Waals surface area contributed by atoms with Crippen LogP contribution in [0, 0.1) is 0 Å². The zero-order valence-corrected chi connectivity index (χ0v) is 10.7. The number of esters is 3. The van der Waals surface area contributed by atoms with Crippen LogP contribution >= 0.6 is 0 Å². The summed E-state index contributed by atoms with van der Waals surface area (Å²) < 4.78 is 39.0. The lowest BCUT2D eigenvalue weighted by Crippen LogP contribution is -2.35.